The van der Waals surface area contributed by atoms with Gasteiger partial charge in [-0.2, -0.15) is 0 Å². The average Bonchev–Trinajstić information content (AvgIpc) is 3.08. The Hall–Kier alpha value is -1.93. The molecule has 1 saturated carbocycles. The quantitative estimate of drug-likeness (QED) is 0.734. The standard InChI is InChI=1S/C19H23FN2O3S2/c20-15-9-11-17(12-10-15)22(27(24,25)19-8-5-13-26-19)14-18(23)21-16-6-3-1-2-4-7-16/h5,8-13,16H,1-4,6-7,14H2,(H,21,23). The molecule has 1 amide bonds. The van der Waals surface area contributed by atoms with E-state index < -0.39 is 15.8 Å². The molecule has 1 fully saturated rings. The van der Waals surface area contributed by atoms with Crippen LogP contribution in [-0.4, -0.2) is 26.9 Å². The summed E-state index contributed by atoms with van der Waals surface area (Å²) in [6.07, 6.45) is 6.31. The number of nitrogens with one attached hydrogen (secondary N) is 1. The van der Waals surface area contributed by atoms with Crippen molar-refractivity contribution < 1.29 is 17.6 Å². The number of amides is 1. The number of sulfonamides is 1. The molecule has 0 unspecified atom stereocenters. The fourth-order valence-electron chi connectivity index (χ4n) is 3.27. The van der Waals surface area contributed by atoms with Crippen LogP contribution >= 0.6 is 11.3 Å². The second-order valence-corrected chi connectivity index (χ2v) is 9.71. The van der Waals surface area contributed by atoms with Crippen molar-refractivity contribution in [3.05, 3.63) is 47.6 Å². The topological polar surface area (TPSA) is 66.5 Å². The first-order chi connectivity index (χ1) is 13.0. The Morgan fingerprint density at radius 1 is 1.11 bits per heavy atom. The Kier molecular flexibility index (Phi) is 6.49. The molecule has 1 aliphatic carbocycles. The lowest BCUT2D eigenvalue weighted by Gasteiger charge is -2.25. The number of thiophene rings is 1. The highest BCUT2D eigenvalue weighted by Gasteiger charge is 2.28. The van der Waals surface area contributed by atoms with E-state index in [9.17, 15) is 17.6 Å². The number of rotatable bonds is 6. The summed E-state index contributed by atoms with van der Waals surface area (Å²) in [6.45, 7) is -0.331. The van der Waals surface area contributed by atoms with E-state index in [-0.39, 0.29) is 28.4 Å². The van der Waals surface area contributed by atoms with E-state index >= 15 is 0 Å². The van der Waals surface area contributed by atoms with E-state index in [0.717, 1.165) is 41.3 Å². The normalized spacial score (nSPS) is 15.9. The smallest absolute Gasteiger partial charge is 0.274 e. The molecule has 0 radical (unpaired) electrons. The number of carbonyl (C=O) groups is 1. The van der Waals surface area contributed by atoms with E-state index in [2.05, 4.69) is 5.32 Å². The summed E-state index contributed by atoms with van der Waals surface area (Å²) in [7, 11) is -3.90. The first kappa shape index (κ1) is 19.8. The van der Waals surface area contributed by atoms with Crippen LogP contribution in [0.4, 0.5) is 10.1 Å². The molecule has 1 aromatic heterocycles. The van der Waals surface area contributed by atoms with Gasteiger partial charge in [0.05, 0.1) is 5.69 Å². The van der Waals surface area contributed by atoms with Crippen molar-refractivity contribution in [2.75, 3.05) is 10.8 Å². The van der Waals surface area contributed by atoms with Crippen molar-refractivity contribution in [2.24, 2.45) is 0 Å². The number of carbonyl (C=O) groups excluding carboxylic acids is 1. The molecule has 1 aliphatic rings. The van der Waals surface area contributed by atoms with Gasteiger partial charge in [0, 0.05) is 6.04 Å². The van der Waals surface area contributed by atoms with Crippen LogP contribution < -0.4 is 9.62 Å². The van der Waals surface area contributed by atoms with Crippen molar-refractivity contribution in [2.45, 2.75) is 48.8 Å². The van der Waals surface area contributed by atoms with Crippen LogP contribution in [0, 0.1) is 5.82 Å². The summed E-state index contributed by atoms with van der Waals surface area (Å²) in [5, 5.41) is 4.64. The molecule has 146 valence electrons. The fraction of sp³-hybridized carbons (Fsp3) is 0.421. The third-order valence-corrected chi connectivity index (χ3v) is 7.81. The highest BCUT2D eigenvalue weighted by Crippen LogP contribution is 2.26. The van der Waals surface area contributed by atoms with Gasteiger partial charge in [0.25, 0.3) is 10.0 Å². The maximum atomic E-state index is 13.3. The third-order valence-electron chi connectivity index (χ3n) is 4.66. The average molecular weight is 411 g/mol. The molecule has 0 atom stereocenters. The Labute approximate surface area is 163 Å². The lowest BCUT2D eigenvalue weighted by molar-refractivity contribution is -0.120. The van der Waals surface area contributed by atoms with Gasteiger partial charge in [-0.25, -0.2) is 12.8 Å². The van der Waals surface area contributed by atoms with Gasteiger partial charge in [-0.05, 0) is 48.6 Å². The van der Waals surface area contributed by atoms with E-state index in [0.29, 0.717) is 0 Å². The Balaban J connectivity index is 1.81. The molecular weight excluding hydrogens is 387 g/mol. The zero-order valence-corrected chi connectivity index (χ0v) is 16.6. The number of nitrogens with zero attached hydrogens (tertiary/aromatic N) is 1. The second-order valence-electron chi connectivity index (χ2n) is 6.68. The van der Waals surface area contributed by atoms with E-state index in [4.69, 9.17) is 0 Å². The molecule has 8 heteroatoms. The highest BCUT2D eigenvalue weighted by molar-refractivity contribution is 7.94. The fourth-order valence-corrected chi connectivity index (χ4v) is 5.79. The van der Waals surface area contributed by atoms with Gasteiger partial charge in [0.2, 0.25) is 5.91 Å². The maximum Gasteiger partial charge on any atom is 0.274 e. The minimum Gasteiger partial charge on any atom is -0.352 e. The van der Waals surface area contributed by atoms with E-state index in [1.165, 1.54) is 43.2 Å². The summed E-state index contributed by atoms with van der Waals surface area (Å²) in [6, 6.07) is 8.36. The SMILES string of the molecule is O=C(CN(c1ccc(F)cc1)S(=O)(=O)c1cccs1)NC1CCCCCC1. The van der Waals surface area contributed by atoms with Crippen LogP contribution in [-0.2, 0) is 14.8 Å². The number of anilines is 1. The Bertz CT molecular complexity index is 844. The van der Waals surface area contributed by atoms with Crippen LogP contribution in [0.15, 0.2) is 46.0 Å². The summed E-state index contributed by atoms with van der Waals surface area (Å²) in [5.41, 5.74) is 0.265. The zero-order chi connectivity index (χ0) is 19.3. The molecule has 1 N–H and O–H groups in total. The van der Waals surface area contributed by atoms with Gasteiger partial charge < -0.3 is 5.32 Å². The third kappa shape index (κ3) is 5.07. The molecule has 2 aromatic rings. The summed E-state index contributed by atoms with van der Waals surface area (Å²) >= 11 is 1.09. The number of halogens is 1. The van der Waals surface area contributed by atoms with Crippen LogP contribution in [0.5, 0.6) is 0 Å². The molecule has 0 spiro atoms. The predicted molar refractivity (Wildman–Crippen MR) is 105 cm³/mol. The van der Waals surface area contributed by atoms with E-state index in [1.807, 2.05) is 0 Å². The van der Waals surface area contributed by atoms with Crippen LogP contribution in [0.3, 0.4) is 0 Å². The van der Waals surface area contributed by atoms with Crippen molar-refractivity contribution in [1.29, 1.82) is 0 Å². The summed E-state index contributed by atoms with van der Waals surface area (Å²) < 4.78 is 40.5. The largest absolute Gasteiger partial charge is 0.352 e. The molecule has 1 heterocycles. The van der Waals surface area contributed by atoms with Gasteiger partial charge in [-0.3, -0.25) is 9.10 Å². The molecular formula is C19H23FN2O3S2. The molecule has 0 saturated heterocycles. The van der Waals surface area contributed by atoms with Crippen molar-refractivity contribution in [3.8, 4) is 0 Å². The predicted octanol–water partition coefficient (Wildman–Crippen LogP) is 3.92. The van der Waals surface area contributed by atoms with Crippen molar-refractivity contribution in [1.82, 2.24) is 5.32 Å². The lowest BCUT2D eigenvalue weighted by atomic mass is 10.1. The van der Waals surface area contributed by atoms with Gasteiger partial charge >= 0.3 is 0 Å². The minimum absolute atomic E-state index is 0.0829. The van der Waals surface area contributed by atoms with Gasteiger partial charge in [-0.1, -0.05) is 31.7 Å². The summed E-state index contributed by atoms with van der Waals surface area (Å²) in [4.78, 5) is 12.6. The van der Waals surface area contributed by atoms with Crippen molar-refractivity contribution in [3.63, 3.8) is 0 Å². The van der Waals surface area contributed by atoms with Crippen LogP contribution in [0.25, 0.3) is 0 Å². The van der Waals surface area contributed by atoms with Gasteiger partial charge in [0.1, 0.15) is 16.6 Å². The first-order valence-electron chi connectivity index (χ1n) is 9.08. The molecule has 3 rings (SSSR count). The van der Waals surface area contributed by atoms with Crippen molar-refractivity contribution >= 4 is 33.0 Å². The second kappa shape index (κ2) is 8.84. The molecule has 0 aliphatic heterocycles. The lowest BCUT2D eigenvalue weighted by Crippen LogP contribution is -2.44. The number of hydrogen-bond acceptors (Lipinski definition) is 4. The number of benzene rings is 1. The number of hydrogen-bond donors (Lipinski definition) is 1. The van der Waals surface area contributed by atoms with Gasteiger partial charge in [-0.15, -0.1) is 11.3 Å². The zero-order valence-electron chi connectivity index (χ0n) is 14.9. The van der Waals surface area contributed by atoms with Crippen LogP contribution in [0.1, 0.15) is 38.5 Å². The van der Waals surface area contributed by atoms with Crippen LogP contribution in [0.2, 0.25) is 0 Å². The van der Waals surface area contributed by atoms with E-state index in [1.54, 1.807) is 11.4 Å². The molecule has 5 nitrogen and oxygen atoms in total. The maximum absolute atomic E-state index is 13.3. The first-order valence-corrected chi connectivity index (χ1v) is 11.4. The highest BCUT2D eigenvalue weighted by atomic mass is 32.2. The Morgan fingerprint density at radius 3 is 2.37 bits per heavy atom. The molecule has 0 bridgehead atoms. The monoisotopic (exact) mass is 410 g/mol. The van der Waals surface area contributed by atoms with Gasteiger partial charge in [0.15, 0.2) is 0 Å². The Morgan fingerprint density at radius 2 is 1.78 bits per heavy atom. The summed E-state index contributed by atoms with van der Waals surface area (Å²) in [5.74, 6) is -0.804. The molecule has 1 aromatic carbocycles. The molecule has 27 heavy (non-hydrogen) atoms. The minimum atomic E-state index is -3.90.